The molecule has 2 bridgehead atoms. The molecule has 0 N–H and O–H groups in total. The highest BCUT2D eigenvalue weighted by Gasteiger charge is 2.77. The lowest BCUT2D eigenvalue weighted by Gasteiger charge is -2.66. The second kappa shape index (κ2) is 1.95. The quantitative estimate of drug-likeness (QED) is 0.546. The molecule has 0 nitrogen and oxygen atoms in total. The van der Waals surface area contributed by atoms with E-state index in [1.165, 1.54) is 0 Å². The van der Waals surface area contributed by atoms with Crippen LogP contribution in [0.4, 0.5) is 0 Å². The summed E-state index contributed by atoms with van der Waals surface area (Å²) in [7, 11) is 0. The molecule has 0 heterocycles. The molecule has 0 saturated heterocycles. The van der Waals surface area contributed by atoms with Crippen molar-refractivity contribution in [2.75, 3.05) is 0 Å². The Morgan fingerprint density at radius 2 is 1.93 bits per heavy atom. The Morgan fingerprint density at radius 3 is 2.71 bits per heavy atom. The number of hydrogen-bond donors (Lipinski definition) is 0. The highest BCUT2D eigenvalue weighted by molar-refractivity contribution is 5.26. The van der Waals surface area contributed by atoms with Crippen LogP contribution >= 0.6 is 0 Å². The van der Waals surface area contributed by atoms with Gasteiger partial charge < -0.3 is 0 Å². The van der Waals surface area contributed by atoms with Crippen molar-refractivity contribution in [3.8, 4) is 0 Å². The summed E-state index contributed by atoms with van der Waals surface area (Å²) in [6.45, 7) is 7.67. The molecule has 1 spiro atoms. The van der Waals surface area contributed by atoms with Gasteiger partial charge in [-0.05, 0) is 66.1 Å². The molecule has 4 aliphatic carbocycles. The van der Waals surface area contributed by atoms with E-state index in [1.54, 1.807) is 25.7 Å². The zero-order chi connectivity index (χ0) is 9.72. The van der Waals surface area contributed by atoms with E-state index in [0.29, 0.717) is 0 Å². The van der Waals surface area contributed by atoms with Crippen LogP contribution in [0.3, 0.4) is 0 Å². The van der Waals surface area contributed by atoms with Crippen LogP contribution in [0.2, 0.25) is 0 Å². The van der Waals surface area contributed by atoms with Crippen molar-refractivity contribution in [2.24, 2.45) is 40.4 Å². The predicted octanol–water partition coefficient (Wildman–Crippen LogP) is 3.71. The van der Waals surface area contributed by atoms with Gasteiger partial charge in [0.25, 0.3) is 0 Å². The van der Waals surface area contributed by atoms with Crippen molar-refractivity contribution in [2.45, 2.75) is 46.5 Å². The molecular weight excluding hydrogens is 168 g/mol. The highest BCUT2D eigenvalue weighted by atomic mass is 14.8. The lowest BCUT2D eigenvalue weighted by Crippen LogP contribution is -2.59. The molecule has 7 unspecified atom stereocenters. The zero-order valence-electron chi connectivity index (χ0n) is 9.72. The van der Waals surface area contributed by atoms with E-state index >= 15 is 0 Å². The Labute approximate surface area is 87.5 Å². The van der Waals surface area contributed by atoms with E-state index < -0.39 is 0 Å². The van der Waals surface area contributed by atoms with Crippen LogP contribution in [0.1, 0.15) is 46.5 Å². The molecule has 0 amide bonds. The maximum atomic E-state index is 2.59. The minimum absolute atomic E-state index is 0.769. The van der Waals surface area contributed by atoms with Gasteiger partial charge >= 0.3 is 0 Å². The number of fused-ring (bicyclic) bond motifs is 1. The van der Waals surface area contributed by atoms with E-state index in [-0.39, 0.29) is 0 Å². The third-order valence-electron chi connectivity index (χ3n) is 7.08. The molecular formula is C14H22. The summed E-state index contributed by atoms with van der Waals surface area (Å²) in [4.78, 5) is 0. The molecule has 7 atom stereocenters. The van der Waals surface area contributed by atoms with E-state index in [4.69, 9.17) is 0 Å². The van der Waals surface area contributed by atoms with Crippen LogP contribution in [0, 0.1) is 40.4 Å². The van der Waals surface area contributed by atoms with Gasteiger partial charge in [0, 0.05) is 0 Å². The molecule has 0 aromatic heterocycles. The van der Waals surface area contributed by atoms with Crippen molar-refractivity contribution >= 4 is 0 Å². The first-order valence-electron chi connectivity index (χ1n) is 6.58. The molecule has 4 saturated carbocycles. The standard InChI is InChI=1S/C14H22/c1-8-4-10-5-12-13(8,3)7-14(12)6-11(14)9(10)2/h8-12H,4-7H2,1-3H3. The molecule has 0 heteroatoms. The first-order chi connectivity index (χ1) is 6.58. The Morgan fingerprint density at radius 1 is 1.14 bits per heavy atom. The predicted molar refractivity (Wildman–Crippen MR) is 57.8 cm³/mol. The topological polar surface area (TPSA) is 0 Å². The summed E-state index contributed by atoms with van der Waals surface area (Å²) >= 11 is 0. The average Bonchev–Trinajstić information content (AvgIpc) is 2.84. The lowest BCUT2D eigenvalue weighted by molar-refractivity contribution is -0.176. The summed E-state index contributed by atoms with van der Waals surface area (Å²) in [6, 6.07) is 0. The van der Waals surface area contributed by atoms with E-state index in [9.17, 15) is 0 Å². The van der Waals surface area contributed by atoms with Crippen LogP contribution in [-0.4, -0.2) is 0 Å². The molecule has 14 heavy (non-hydrogen) atoms. The summed E-state index contributed by atoms with van der Waals surface area (Å²) in [6.07, 6.45) is 6.34. The second-order valence-corrected chi connectivity index (χ2v) is 7.27. The van der Waals surface area contributed by atoms with E-state index in [2.05, 4.69) is 20.8 Å². The van der Waals surface area contributed by atoms with Gasteiger partial charge in [-0.3, -0.25) is 0 Å². The molecule has 4 rings (SSSR count). The van der Waals surface area contributed by atoms with Crippen LogP contribution < -0.4 is 0 Å². The lowest BCUT2D eigenvalue weighted by atomic mass is 9.38. The number of rotatable bonds is 0. The van der Waals surface area contributed by atoms with Crippen LogP contribution in [0.25, 0.3) is 0 Å². The van der Waals surface area contributed by atoms with Crippen LogP contribution in [0.15, 0.2) is 0 Å². The van der Waals surface area contributed by atoms with Gasteiger partial charge in [0.2, 0.25) is 0 Å². The fourth-order valence-electron chi connectivity index (χ4n) is 6.05. The van der Waals surface area contributed by atoms with E-state index in [0.717, 1.165) is 40.4 Å². The smallest absolute Gasteiger partial charge is 0.0224 e. The molecule has 4 aliphatic rings. The highest BCUT2D eigenvalue weighted by Crippen LogP contribution is 2.85. The first kappa shape index (κ1) is 8.19. The van der Waals surface area contributed by atoms with Gasteiger partial charge in [0.1, 0.15) is 0 Å². The summed E-state index contributed by atoms with van der Waals surface area (Å²) in [5, 5.41) is 0. The minimum Gasteiger partial charge on any atom is -0.0620 e. The molecule has 0 radical (unpaired) electrons. The fraction of sp³-hybridized carbons (Fsp3) is 1.00. The SMILES string of the molecule is CC1C2CC(C)C3(C)CC4(CC14)C3C2. The summed E-state index contributed by atoms with van der Waals surface area (Å²) < 4.78 is 0. The molecule has 0 aromatic rings. The minimum atomic E-state index is 0.769. The fourth-order valence-corrected chi connectivity index (χ4v) is 6.05. The average molecular weight is 190 g/mol. The van der Waals surface area contributed by atoms with Gasteiger partial charge in [-0.25, -0.2) is 0 Å². The summed E-state index contributed by atoms with van der Waals surface area (Å²) in [5.41, 5.74) is 1.67. The van der Waals surface area contributed by atoms with Crippen LogP contribution in [-0.2, 0) is 0 Å². The Kier molecular flexibility index (Phi) is 1.14. The molecule has 78 valence electrons. The molecule has 0 aliphatic heterocycles. The van der Waals surface area contributed by atoms with Gasteiger partial charge in [-0.15, -0.1) is 0 Å². The molecule has 4 fully saturated rings. The Hall–Kier alpha value is 0. The van der Waals surface area contributed by atoms with Gasteiger partial charge in [0.05, 0.1) is 0 Å². The molecule has 0 aromatic carbocycles. The first-order valence-corrected chi connectivity index (χ1v) is 6.58. The number of hydrogen-bond acceptors (Lipinski definition) is 0. The van der Waals surface area contributed by atoms with Gasteiger partial charge in [-0.1, -0.05) is 20.8 Å². The summed E-state index contributed by atoms with van der Waals surface area (Å²) in [5.74, 6) is 5.49. The van der Waals surface area contributed by atoms with Gasteiger partial charge in [0.15, 0.2) is 0 Å². The van der Waals surface area contributed by atoms with Crippen molar-refractivity contribution in [1.29, 1.82) is 0 Å². The van der Waals surface area contributed by atoms with E-state index in [1.807, 2.05) is 0 Å². The Balaban J connectivity index is 1.79. The normalized spacial score (nSPS) is 73.5. The third kappa shape index (κ3) is 0.605. The van der Waals surface area contributed by atoms with Crippen molar-refractivity contribution in [1.82, 2.24) is 0 Å². The maximum Gasteiger partial charge on any atom is -0.0224 e. The van der Waals surface area contributed by atoms with Crippen molar-refractivity contribution < 1.29 is 0 Å². The monoisotopic (exact) mass is 190 g/mol. The van der Waals surface area contributed by atoms with Crippen molar-refractivity contribution in [3.63, 3.8) is 0 Å². The largest absolute Gasteiger partial charge is 0.0620 e. The van der Waals surface area contributed by atoms with Crippen LogP contribution in [0.5, 0.6) is 0 Å². The van der Waals surface area contributed by atoms with Crippen molar-refractivity contribution in [3.05, 3.63) is 0 Å². The Bertz CT molecular complexity index is 307. The second-order valence-electron chi connectivity index (χ2n) is 7.27. The van der Waals surface area contributed by atoms with Gasteiger partial charge in [-0.2, -0.15) is 0 Å². The maximum absolute atomic E-state index is 2.59. The third-order valence-corrected chi connectivity index (χ3v) is 7.08. The zero-order valence-corrected chi connectivity index (χ0v) is 9.72.